The molecule has 3 rings (SSSR count). The largest absolute Gasteiger partial charge is 0.494 e. The SMILES string of the molecule is CC1OB(c2ccc(-c3ccccc3)cc2)OC1C. The van der Waals surface area contributed by atoms with E-state index in [1.807, 2.05) is 19.9 Å². The Balaban J connectivity index is 1.80. The first-order valence-corrected chi connectivity index (χ1v) is 6.70. The molecule has 96 valence electrons. The van der Waals surface area contributed by atoms with Gasteiger partial charge >= 0.3 is 7.12 Å². The Morgan fingerprint density at radius 2 is 1.26 bits per heavy atom. The Hall–Kier alpha value is -1.58. The van der Waals surface area contributed by atoms with E-state index in [4.69, 9.17) is 9.31 Å². The lowest BCUT2D eigenvalue weighted by atomic mass is 9.79. The third-order valence-corrected chi connectivity index (χ3v) is 3.63. The highest BCUT2D eigenvalue weighted by molar-refractivity contribution is 6.61. The van der Waals surface area contributed by atoms with Crippen molar-refractivity contribution in [1.82, 2.24) is 0 Å². The van der Waals surface area contributed by atoms with Crippen LogP contribution in [0.3, 0.4) is 0 Å². The molecule has 2 unspecified atom stereocenters. The molecule has 0 aromatic heterocycles. The van der Waals surface area contributed by atoms with Gasteiger partial charge in [-0.15, -0.1) is 0 Å². The summed E-state index contributed by atoms with van der Waals surface area (Å²) in [6, 6.07) is 18.8. The molecule has 3 heteroatoms. The Morgan fingerprint density at radius 1 is 0.737 bits per heavy atom. The quantitative estimate of drug-likeness (QED) is 0.765. The molecule has 0 aliphatic carbocycles. The predicted molar refractivity (Wildman–Crippen MR) is 78.4 cm³/mol. The summed E-state index contributed by atoms with van der Waals surface area (Å²) in [5, 5.41) is 0. The van der Waals surface area contributed by atoms with E-state index < -0.39 is 0 Å². The van der Waals surface area contributed by atoms with Crippen molar-refractivity contribution >= 4 is 12.6 Å². The van der Waals surface area contributed by atoms with Gasteiger partial charge in [0.2, 0.25) is 0 Å². The van der Waals surface area contributed by atoms with Gasteiger partial charge in [0.15, 0.2) is 0 Å². The van der Waals surface area contributed by atoms with Gasteiger partial charge in [-0.2, -0.15) is 0 Å². The summed E-state index contributed by atoms with van der Waals surface area (Å²) >= 11 is 0. The van der Waals surface area contributed by atoms with Gasteiger partial charge in [0, 0.05) is 0 Å². The minimum Gasteiger partial charge on any atom is -0.402 e. The highest BCUT2D eigenvalue weighted by Gasteiger charge is 2.35. The van der Waals surface area contributed by atoms with Gasteiger partial charge in [-0.3, -0.25) is 0 Å². The Labute approximate surface area is 114 Å². The summed E-state index contributed by atoms with van der Waals surface area (Å²) in [5.74, 6) is 0. The second-order valence-corrected chi connectivity index (χ2v) is 5.00. The van der Waals surface area contributed by atoms with E-state index in [-0.39, 0.29) is 19.3 Å². The summed E-state index contributed by atoms with van der Waals surface area (Å²) in [7, 11) is -0.227. The Morgan fingerprint density at radius 3 is 1.84 bits per heavy atom. The van der Waals surface area contributed by atoms with Gasteiger partial charge in [0.25, 0.3) is 0 Å². The fourth-order valence-electron chi connectivity index (χ4n) is 2.26. The summed E-state index contributed by atoms with van der Waals surface area (Å²) < 4.78 is 11.6. The van der Waals surface area contributed by atoms with Crippen molar-refractivity contribution in [1.29, 1.82) is 0 Å². The molecule has 0 radical (unpaired) electrons. The molecule has 2 atom stereocenters. The van der Waals surface area contributed by atoms with Crippen LogP contribution in [0.5, 0.6) is 0 Å². The van der Waals surface area contributed by atoms with E-state index in [1.54, 1.807) is 0 Å². The zero-order valence-corrected chi connectivity index (χ0v) is 11.2. The number of rotatable bonds is 2. The number of benzene rings is 2. The fraction of sp³-hybridized carbons (Fsp3) is 0.250. The number of hydrogen-bond acceptors (Lipinski definition) is 2. The molecule has 19 heavy (non-hydrogen) atoms. The van der Waals surface area contributed by atoms with Crippen molar-refractivity contribution < 1.29 is 9.31 Å². The van der Waals surface area contributed by atoms with Crippen molar-refractivity contribution in [3.63, 3.8) is 0 Å². The van der Waals surface area contributed by atoms with E-state index in [0.717, 1.165) is 5.46 Å². The van der Waals surface area contributed by atoms with Crippen LogP contribution in [0.1, 0.15) is 13.8 Å². The zero-order chi connectivity index (χ0) is 13.2. The van der Waals surface area contributed by atoms with Crippen molar-refractivity contribution in [2.45, 2.75) is 26.1 Å². The highest BCUT2D eigenvalue weighted by Crippen LogP contribution is 2.19. The van der Waals surface area contributed by atoms with Crippen LogP contribution < -0.4 is 5.46 Å². The summed E-state index contributed by atoms with van der Waals surface area (Å²) in [4.78, 5) is 0. The molecule has 2 aromatic rings. The van der Waals surface area contributed by atoms with Gasteiger partial charge in [0.1, 0.15) is 0 Å². The van der Waals surface area contributed by atoms with E-state index >= 15 is 0 Å². The number of hydrogen-bond donors (Lipinski definition) is 0. The molecule has 0 saturated carbocycles. The van der Waals surface area contributed by atoms with Crippen molar-refractivity contribution in [3.05, 3.63) is 54.6 Å². The molecule has 1 heterocycles. The minimum absolute atomic E-state index is 0.152. The molecule has 1 aliphatic heterocycles. The molecule has 0 amide bonds. The summed E-state index contributed by atoms with van der Waals surface area (Å²) in [6.45, 7) is 4.09. The maximum Gasteiger partial charge on any atom is 0.494 e. The highest BCUT2D eigenvalue weighted by atomic mass is 16.7. The molecular formula is C16H17BO2. The van der Waals surface area contributed by atoms with Gasteiger partial charge in [0.05, 0.1) is 12.2 Å². The molecule has 1 aliphatic rings. The average molecular weight is 252 g/mol. The maximum atomic E-state index is 5.78. The zero-order valence-electron chi connectivity index (χ0n) is 11.2. The lowest BCUT2D eigenvalue weighted by Crippen LogP contribution is -2.32. The molecule has 0 bridgehead atoms. The standard InChI is InChI=1S/C16H17BO2/c1-12-13(2)19-17(18-12)16-10-8-15(9-11-16)14-6-4-3-5-7-14/h3-13H,1-2H3. The molecule has 2 nitrogen and oxygen atoms in total. The topological polar surface area (TPSA) is 18.5 Å². The smallest absolute Gasteiger partial charge is 0.402 e. The maximum absolute atomic E-state index is 5.78. The second-order valence-electron chi connectivity index (χ2n) is 5.00. The van der Waals surface area contributed by atoms with Gasteiger partial charge in [-0.05, 0) is 30.4 Å². The van der Waals surface area contributed by atoms with Crippen LogP contribution in [0.25, 0.3) is 11.1 Å². The van der Waals surface area contributed by atoms with Crippen molar-refractivity contribution in [2.75, 3.05) is 0 Å². The second kappa shape index (κ2) is 5.20. The van der Waals surface area contributed by atoms with Crippen LogP contribution in [0.4, 0.5) is 0 Å². The third kappa shape index (κ3) is 2.58. The van der Waals surface area contributed by atoms with Crippen LogP contribution in [-0.2, 0) is 9.31 Å². The average Bonchev–Trinajstić information content (AvgIpc) is 2.80. The van der Waals surface area contributed by atoms with Crippen LogP contribution >= 0.6 is 0 Å². The molecule has 1 saturated heterocycles. The molecule has 0 N–H and O–H groups in total. The van der Waals surface area contributed by atoms with Crippen LogP contribution in [-0.4, -0.2) is 19.3 Å². The Bertz CT molecular complexity index is 528. The van der Waals surface area contributed by atoms with E-state index in [1.165, 1.54) is 11.1 Å². The summed E-state index contributed by atoms with van der Waals surface area (Å²) in [6.07, 6.45) is 0.303. The van der Waals surface area contributed by atoms with Crippen molar-refractivity contribution in [2.24, 2.45) is 0 Å². The van der Waals surface area contributed by atoms with Crippen LogP contribution in [0, 0.1) is 0 Å². The Kier molecular flexibility index (Phi) is 3.41. The van der Waals surface area contributed by atoms with Gasteiger partial charge < -0.3 is 9.31 Å². The van der Waals surface area contributed by atoms with E-state index in [0.29, 0.717) is 0 Å². The first-order valence-electron chi connectivity index (χ1n) is 6.70. The lowest BCUT2D eigenvalue weighted by Gasteiger charge is -2.07. The molecular weight excluding hydrogens is 235 g/mol. The van der Waals surface area contributed by atoms with Gasteiger partial charge in [-0.1, -0.05) is 54.6 Å². The predicted octanol–water partition coefficient (Wildman–Crippen LogP) is 2.87. The normalized spacial score (nSPS) is 22.7. The monoisotopic (exact) mass is 252 g/mol. The fourth-order valence-corrected chi connectivity index (χ4v) is 2.26. The minimum atomic E-state index is -0.227. The van der Waals surface area contributed by atoms with E-state index in [9.17, 15) is 0 Å². The first kappa shape index (κ1) is 12.5. The molecule has 1 fully saturated rings. The van der Waals surface area contributed by atoms with Crippen LogP contribution in [0.15, 0.2) is 54.6 Å². The van der Waals surface area contributed by atoms with E-state index in [2.05, 4.69) is 48.5 Å². The van der Waals surface area contributed by atoms with Crippen molar-refractivity contribution in [3.8, 4) is 11.1 Å². The first-order chi connectivity index (χ1) is 9.24. The van der Waals surface area contributed by atoms with Crippen LogP contribution in [0.2, 0.25) is 0 Å². The molecule has 2 aromatic carbocycles. The van der Waals surface area contributed by atoms with Gasteiger partial charge in [-0.25, -0.2) is 0 Å². The lowest BCUT2D eigenvalue weighted by molar-refractivity contribution is 0.187. The third-order valence-electron chi connectivity index (χ3n) is 3.63. The molecule has 0 spiro atoms. The summed E-state index contributed by atoms with van der Waals surface area (Å²) in [5.41, 5.74) is 3.52.